The van der Waals surface area contributed by atoms with Crippen molar-refractivity contribution in [2.24, 2.45) is 11.8 Å². The van der Waals surface area contributed by atoms with Crippen LogP contribution in [0.5, 0.6) is 0 Å². The Hall–Kier alpha value is -1.38. The zero-order valence-electron chi connectivity index (χ0n) is 17.7. The fourth-order valence-electron chi connectivity index (χ4n) is 4.70. The number of hydrogen-bond acceptors (Lipinski definition) is 2. The van der Waals surface area contributed by atoms with E-state index in [2.05, 4.69) is 73.3 Å². The molecule has 1 aliphatic carbocycles. The first kappa shape index (κ1) is 20.4. The van der Waals surface area contributed by atoms with E-state index in [-0.39, 0.29) is 0 Å². The average molecular weight is 367 g/mol. The minimum absolute atomic E-state index is 0.788. The van der Waals surface area contributed by atoms with Gasteiger partial charge in [0.1, 0.15) is 0 Å². The molecular formula is C25H38N2. The Balaban J connectivity index is 1.51. The molecule has 0 radical (unpaired) electrons. The first-order valence-corrected chi connectivity index (χ1v) is 11.0. The molecule has 0 aromatic heterocycles. The molecule has 27 heavy (non-hydrogen) atoms. The maximum atomic E-state index is 2.68. The van der Waals surface area contributed by atoms with Crippen molar-refractivity contribution in [2.45, 2.75) is 45.4 Å². The van der Waals surface area contributed by atoms with Crippen LogP contribution >= 0.6 is 0 Å². The minimum atomic E-state index is 0.788. The van der Waals surface area contributed by atoms with E-state index in [1.165, 1.54) is 70.3 Å². The number of rotatable bonds is 8. The number of hydrogen-bond donors (Lipinski definition) is 0. The van der Waals surface area contributed by atoms with Gasteiger partial charge in [-0.25, -0.2) is 0 Å². The van der Waals surface area contributed by atoms with E-state index in [4.69, 9.17) is 0 Å². The van der Waals surface area contributed by atoms with Crippen molar-refractivity contribution >= 4 is 0 Å². The molecule has 1 saturated heterocycles. The summed E-state index contributed by atoms with van der Waals surface area (Å²) in [5, 5.41) is 0. The molecular weight excluding hydrogens is 328 g/mol. The predicted molar refractivity (Wildman–Crippen MR) is 117 cm³/mol. The average Bonchev–Trinajstić information content (AvgIpc) is 2.71. The molecule has 1 atom stereocenters. The molecule has 1 heterocycles. The number of allylic oxidation sites excluding steroid dienone is 3. The lowest BCUT2D eigenvalue weighted by molar-refractivity contribution is 0.157. The van der Waals surface area contributed by atoms with E-state index in [9.17, 15) is 0 Å². The molecule has 1 aromatic rings. The molecule has 2 heteroatoms. The molecule has 1 aliphatic heterocycles. The largest absolute Gasteiger partial charge is 0.309 e. The van der Waals surface area contributed by atoms with Crippen LogP contribution in [0.25, 0.3) is 0 Å². The highest BCUT2D eigenvalue weighted by molar-refractivity contribution is 5.30. The van der Waals surface area contributed by atoms with Gasteiger partial charge in [0.2, 0.25) is 0 Å². The predicted octanol–water partition coefficient (Wildman–Crippen LogP) is 5.18. The summed E-state index contributed by atoms with van der Waals surface area (Å²) in [6.45, 7) is 7.23. The van der Waals surface area contributed by atoms with Crippen molar-refractivity contribution < 1.29 is 0 Å². The molecule has 2 aliphatic rings. The van der Waals surface area contributed by atoms with Crippen LogP contribution in [-0.2, 0) is 6.42 Å². The van der Waals surface area contributed by atoms with Crippen molar-refractivity contribution in [1.82, 2.24) is 9.80 Å². The standard InChI is InChI=1S/C25H38N2/c1-4-21-10-11-25(24(20-21)13-16-26(2)3)23-14-18-27(19-15-23)17-12-22-8-6-5-7-9-22/h5-10,20,23,25H,4,11-19H2,1-3H3. The molecule has 1 fully saturated rings. The van der Waals surface area contributed by atoms with Crippen LogP contribution in [0.4, 0.5) is 0 Å². The van der Waals surface area contributed by atoms with Crippen molar-refractivity contribution in [3.8, 4) is 0 Å². The molecule has 3 rings (SSSR count). The summed E-state index contributed by atoms with van der Waals surface area (Å²) in [7, 11) is 4.39. The molecule has 0 bridgehead atoms. The molecule has 1 unspecified atom stereocenters. The van der Waals surface area contributed by atoms with Crippen LogP contribution in [0.15, 0.2) is 53.6 Å². The zero-order valence-corrected chi connectivity index (χ0v) is 17.7. The maximum Gasteiger partial charge on any atom is 0.00218 e. The van der Waals surface area contributed by atoms with Crippen molar-refractivity contribution in [3.05, 3.63) is 59.2 Å². The van der Waals surface area contributed by atoms with Crippen LogP contribution in [0.1, 0.15) is 44.6 Å². The Morgan fingerprint density at radius 2 is 1.78 bits per heavy atom. The molecule has 148 valence electrons. The molecule has 2 nitrogen and oxygen atoms in total. The highest BCUT2D eigenvalue weighted by Gasteiger charge is 2.29. The van der Waals surface area contributed by atoms with E-state index < -0.39 is 0 Å². The zero-order chi connectivity index (χ0) is 19.1. The number of nitrogens with zero attached hydrogens (tertiary/aromatic N) is 2. The van der Waals surface area contributed by atoms with Crippen LogP contribution < -0.4 is 0 Å². The van der Waals surface area contributed by atoms with E-state index in [1.54, 1.807) is 11.1 Å². The summed E-state index contributed by atoms with van der Waals surface area (Å²) >= 11 is 0. The summed E-state index contributed by atoms with van der Waals surface area (Å²) in [6.07, 6.45) is 12.7. The van der Waals surface area contributed by atoms with Crippen molar-refractivity contribution in [2.75, 3.05) is 40.3 Å². The molecule has 0 N–H and O–H groups in total. The lowest BCUT2D eigenvalue weighted by atomic mass is 9.74. The third-order valence-electron chi connectivity index (χ3n) is 6.50. The van der Waals surface area contributed by atoms with Gasteiger partial charge >= 0.3 is 0 Å². The quantitative estimate of drug-likeness (QED) is 0.626. The third-order valence-corrected chi connectivity index (χ3v) is 6.50. The lowest BCUT2D eigenvalue weighted by Gasteiger charge is -2.38. The number of likely N-dealkylation sites (tertiary alicyclic amines) is 1. The summed E-state index contributed by atoms with van der Waals surface area (Å²) in [5.41, 5.74) is 4.75. The number of benzene rings is 1. The third kappa shape index (κ3) is 6.05. The Morgan fingerprint density at radius 1 is 1.04 bits per heavy atom. The van der Waals surface area contributed by atoms with E-state index in [0.29, 0.717) is 0 Å². The summed E-state index contributed by atoms with van der Waals surface area (Å²) in [5.74, 6) is 1.66. The summed E-state index contributed by atoms with van der Waals surface area (Å²) in [4.78, 5) is 5.01. The highest BCUT2D eigenvalue weighted by atomic mass is 15.1. The van der Waals surface area contributed by atoms with Crippen LogP contribution in [0, 0.1) is 11.8 Å². The van der Waals surface area contributed by atoms with Crippen LogP contribution in [0.2, 0.25) is 0 Å². The second-order valence-corrected chi connectivity index (χ2v) is 8.66. The fourth-order valence-corrected chi connectivity index (χ4v) is 4.70. The first-order chi connectivity index (χ1) is 13.2. The van der Waals surface area contributed by atoms with Gasteiger partial charge in [0, 0.05) is 13.1 Å². The van der Waals surface area contributed by atoms with E-state index >= 15 is 0 Å². The van der Waals surface area contributed by atoms with E-state index in [0.717, 1.165) is 11.8 Å². The van der Waals surface area contributed by atoms with Crippen LogP contribution in [-0.4, -0.2) is 50.1 Å². The van der Waals surface area contributed by atoms with Gasteiger partial charge < -0.3 is 9.80 Å². The van der Waals surface area contributed by atoms with Gasteiger partial charge in [-0.05, 0) is 83.1 Å². The normalized spacial score (nSPS) is 22.0. The topological polar surface area (TPSA) is 6.48 Å². The smallest absolute Gasteiger partial charge is 0.00218 e. The fraction of sp³-hybridized carbons (Fsp3) is 0.600. The summed E-state index contributed by atoms with van der Waals surface area (Å²) in [6, 6.07) is 10.9. The summed E-state index contributed by atoms with van der Waals surface area (Å²) < 4.78 is 0. The molecule has 0 amide bonds. The second-order valence-electron chi connectivity index (χ2n) is 8.66. The minimum Gasteiger partial charge on any atom is -0.309 e. The van der Waals surface area contributed by atoms with Crippen molar-refractivity contribution in [1.29, 1.82) is 0 Å². The maximum absolute atomic E-state index is 2.68. The van der Waals surface area contributed by atoms with Gasteiger partial charge in [-0.1, -0.05) is 60.6 Å². The van der Waals surface area contributed by atoms with Crippen LogP contribution in [0.3, 0.4) is 0 Å². The lowest BCUT2D eigenvalue weighted by Crippen LogP contribution is -2.38. The Morgan fingerprint density at radius 3 is 2.44 bits per heavy atom. The Kier molecular flexibility index (Phi) is 7.72. The van der Waals surface area contributed by atoms with E-state index in [1.807, 2.05) is 0 Å². The molecule has 0 spiro atoms. The second kappa shape index (κ2) is 10.2. The monoisotopic (exact) mass is 366 g/mol. The Labute approximate surface area is 166 Å². The highest BCUT2D eigenvalue weighted by Crippen LogP contribution is 2.38. The van der Waals surface area contributed by atoms with Gasteiger partial charge in [-0.15, -0.1) is 0 Å². The van der Waals surface area contributed by atoms with Gasteiger partial charge in [-0.2, -0.15) is 0 Å². The SMILES string of the molecule is CCC1=CCC(C2CCN(CCc3ccccc3)CC2)C(CCN(C)C)=C1. The van der Waals surface area contributed by atoms with Gasteiger partial charge in [-0.3, -0.25) is 0 Å². The molecule has 0 saturated carbocycles. The van der Waals surface area contributed by atoms with Gasteiger partial charge in [0.15, 0.2) is 0 Å². The molecule has 1 aromatic carbocycles. The number of piperidine rings is 1. The van der Waals surface area contributed by atoms with Crippen molar-refractivity contribution in [3.63, 3.8) is 0 Å². The Bertz CT molecular complexity index is 621. The first-order valence-electron chi connectivity index (χ1n) is 11.0. The van der Waals surface area contributed by atoms with Gasteiger partial charge in [0.05, 0.1) is 0 Å². The van der Waals surface area contributed by atoms with Gasteiger partial charge in [0.25, 0.3) is 0 Å².